The summed E-state index contributed by atoms with van der Waals surface area (Å²) in [4.78, 5) is 24.9. The van der Waals surface area contributed by atoms with Crippen molar-refractivity contribution >= 4 is 11.9 Å². The molecule has 126 valence electrons. The van der Waals surface area contributed by atoms with Crippen molar-refractivity contribution in [3.63, 3.8) is 0 Å². The van der Waals surface area contributed by atoms with Crippen LogP contribution in [0.25, 0.3) is 0 Å². The van der Waals surface area contributed by atoms with Crippen molar-refractivity contribution in [3.8, 4) is 0 Å². The first-order valence-corrected chi connectivity index (χ1v) is 8.34. The average Bonchev–Trinajstić information content (AvgIpc) is 3.16. The molecule has 0 radical (unpaired) electrons. The second-order valence-electron chi connectivity index (χ2n) is 6.02. The van der Waals surface area contributed by atoms with E-state index < -0.39 is 12.1 Å². The third kappa shape index (κ3) is 4.04. The van der Waals surface area contributed by atoms with Crippen LogP contribution in [0.5, 0.6) is 0 Å². The summed E-state index contributed by atoms with van der Waals surface area (Å²) in [6.45, 7) is 0. The van der Waals surface area contributed by atoms with Crippen molar-refractivity contribution in [1.29, 1.82) is 0 Å². The number of ether oxygens (including phenoxy) is 1. The van der Waals surface area contributed by atoms with Crippen LogP contribution in [-0.4, -0.2) is 17.9 Å². The van der Waals surface area contributed by atoms with Gasteiger partial charge in [-0.25, -0.2) is 4.79 Å². The highest BCUT2D eigenvalue weighted by Gasteiger charge is 2.28. The lowest BCUT2D eigenvalue weighted by atomic mass is 9.95. The zero-order valence-corrected chi connectivity index (χ0v) is 13.4. The molecule has 1 aliphatic carbocycles. The predicted octanol–water partition coefficient (Wildman–Crippen LogP) is 3.63. The van der Waals surface area contributed by atoms with Gasteiger partial charge in [0.25, 0.3) is 5.91 Å². The molecule has 24 heavy (non-hydrogen) atoms. The van der Waals surface area contributed by atoms with Crippen LogP contribution >= 0.6 is 0 Å². The van der Waals surface area contributed by atoms with Crippen molar-refractivity contribution in [3.05, 3.63) is 60.1 Å². The molecule has 5 heteroatoms. The van der Waals surface area contributed by atoms with Gasteiger partial charge in [0.2, 0.25) is 11.9 Å². The topological polar surface area (TPSA) is 68.5 Å². The molecule has 0 bridgehead atoms. The molecule has 1 heterocycles. The molecule has 1 amide bonds. The Hall–Kier alpha value is -2.56. The fraction of sp³-hybridized carbons (Fsp3) is 0.368. The summed E-state index contributed by atoms with van der Waals surface area (Å²) in [5.74, 6) is -0.845. The maximum absolute atomic E-state index is 12.7. The number of nitrogens with one attached hydrogen (secondary N) is 1. The lowest BCUT2D eigenvalue weighted by Crippen LogP contribution is -2.40. The molecular weight excluding hydrogens is 306 g/mol. The van der Waals surface area contributed by atoms with Gasteiger partial charge in [-0.15, -0.1) is 0 Å². The fourth-order valence-corrected chi connectivity index (χ4v) is 2.98. The Morgan fingerprint density at radius 1 is 1.04 bits per heavy atom. The van der Waals surface area contributed by atoms with Crippen LogP contribution in [0.3, 0.4) is 0 Å². The number of carbonyl (C=O) groups excluding carboxylic acids is 2. The van der Waals surface area contributed by atoms with Gasteiger partial charge in [-0.1, -0.05) is 49.6 Å². The zero-order chi connectivity index (χ0) is 16.8. The summed E-state index contributed by atoms with van der Waals surface area (Å²) >= 11 is 0. The van der Waals surface area contributed by atoms with Crippen molar-refractivity contribution in [2.75, 3.05) is 0 Å². The quantitative estimate of drug-likeness (QED) is 0.852. The van der Waals surface area contributed by atoms with E-state index in [0.717, 1.165) is 25.7 Å². The standard InChI is InChI=1S/C19H21NO4/c21-18(20-15-10-5-2-6-11-15)17(14-8-3-1-4-9-14)24-19(22)16-12-7-13-23-16/h1,3-4,7-9,12-13,15,17H,2,5-6,10-11H2,(H,20,21)/t17-/m0/s1. The highest BCUT2D eigenvalue weighted by molar-refractivity contribution is 5.90. The average molecular weight is 327 g/mol. The maximum Gasteiger partial charge on any atom is 0.375 e. The monoisotopic (exact) mass is 327 g/mol. The van der Waals surface area contributed by atoms with Crippen molar-refractivity contribution in [2.24, 2.45) is 0 Å². The first-order chi connectivity index (χ1) is 11.7. The van der Waals surface area contributed by atoms with E-state index in [0.29, 0.717) is 5.56 Å². The zero-order valence-electron chi connectivity index (χ0n) is 13.4. The minimum Gasteiger partial charge on any atom is -0.457 e. The molecule has 5 nitrogen and oxygen atoms in total. The smallest absolute Gasteiger partial charge is 0.375 e. The number of esters is 1. The Bertz CT molecular complexity index is 660. The highest BCUT2D eigenvalue weighted by atomic mass is 16.6. The molecule has 2 aromatic rings. The third-order valence-corrected chi connectivity index (χ3v) is 4.24. The summed E-state index contributed by atoms with van der Waals surface area (Å²) in [7, 11) is 0. The molecule has 1 aromatic carbocycles. The normalized spacial score (nSPS) is 16.3. The Morgan fingerprint density at radius 2 is 1.79 bits per heavy atom. The third-order valence-electron chi connectivity index (χ3n) is 4.24. The second kappa shape index (κ2) is 7.81. The molecule has 1 fully saturated rings. The SMILES string of the molecule is O=C(O[C@H](C(=O)NC1CCCCC1)c1ccccc1)c1ccco1. The molecular formula is C19H21NO4. The lowest BCUT2D eigenvalue weighted by Gasteiger charge is -2.25. The summed E-state index contributed by atoms with van der Waals surface area (Å²) in [5.41, 5.74) is 0.644. The maximum atomic E-state index is 12.7. The van der Waals surface area contributed by atoms with E-state index >= 15 is 0 Å². The van der Waals surface area contributed by atoms with Crippen molar-refractivity contribution in [1.82, 2.24) is 5.32 Å². The van der Waals surface area contributed by atoms with Crippen LogP contribution < -0.4 is 5.32 Å². The van der Waals surface area contributed by atoms with Crippen LogP contribution in [-0.2, 0) is 9.53 Å². The minimum absolute atomic E-state index is 0.0846. The number of rotatable bonds is 5. The number of hydrogen-bond donors (Lipinski definition) is 1. The predicted molar refractivity (Wildman–Crippen MR) is 88.3 cm³/mol. The largest absolute Gasteiger partial charge is 0.457 e. The van der Waals surface area contributed by atoms with Gasteiger partial charge >= 0.3 is 5.97 Å². The molecule has 1 saturated carbocycles. The molecule has 3 rings (SSSR count). The minimum atomic E-state index is -0.981. The summed E-state index contributed by atoms with van der Waals surface area (Å²) < 4.78 is 10.5. The van der Waals surface area contributed by atoms with Gasteiger partial charge in [-0.3, -0.25) is 4.79 Å². The van der Waals surface area contributed by atoms with Crippen molar-refractivity contribution in [2.45, 2.75) is 44.2 Å². The van der Waals surface area contributed by atoms with Gasteiger partial charge in [0, 0.05) is 11.6 Å². The Balaban J connectivity index is 1.74. The van der Waals surface area contributed by atoms with Crippen molar-refractivity contribution < 1.29 is 18.7 Å². The number of benzene rings is 1. The number of furan rings is 1. The van der Waals surface area contributed by atoms with E-state index in [2.05, 4.69) is 5.32 Å². The Kier molecular flexibility index (Phi) is 5.31. The molecule has 0 unspecified atom stereocenters. The van der Waals surface area contributed by atoms with E-state index in [9.17, 15) is 9.59 Å². The molecule has 1 aliphatic rings. The molecule has 0 saturated heterocycles. The fourth-order valence-electron chi connectivity index (χ4n) is 2.98. The van der Waals surface area contributed by atoms with E-state index in [1.54, 1.807) is 18.2 Å². The van der Waals surface area contributed by atoms with Crippen LogP contribution in [0.1, 0.15) is 54.3 Å². The van der Waals surface area contributed by atoms with Gasteiger partial charge in [-0.05, 0) is 25.0 Å². The van der Waals surface area contributed by atoms with Gasteiger partial charge < -0.3 is 14.5 Å². The van der Waals surface area contributed by atoms with E-state index in [1.165, 1.54) is 18.8 Å². The lowest BCUT2D eigenvalue weighted by molar-refractivity contribution is -0.131. The number of amides is 1. The van der Waals surface area contributed by atoms with Crippen LogP contribution in [0, 0.1) is 0 Å². The molecule has 0 spiro atoms. The molecule has 1 atom stereocenters. The molecule has 0 aliphatic heterocycles. The van der Waals surface area contributed by atoms with Crippen LogP contribution in [0.2, 0.25) is 0 Å². The Labute approximate surface area is 141 Å². The molecule has 1 N–H and O–H groups in total. The second-order valence-corrected chi connectivity index (χ2v) is 6.02. The van der Waals surface area contributed by atoms with E-state index in [4.69, 9.17) is 9.15 Å². The van der Waals surface area contributed by atoms with Gasteiger partial charge in [0.05, 0.1) is 6.26 Å². The van der Waals surface area contributed by atoms with Crippen LogP contribution in [0.4, 0.5) is 0 Å². The summed E-state index contributed by atoms with van der Waals surface area (Å²) in [6, 6.07) is 12.3. The van der Waals surface area contributed by atoms with Gasteiger partial charge in [0.15, 0.2) is 0 Å². The first kappa shape index (κ1) is 16.3. The summed E-state index contributed by atoms with van der Waals surface area (Å²) in [5, 5.41) is 3.02. The van der Waals surface area contributed by atoms with Crippen LogP contribution in [0.15, 0.2) is 53.1 Å². The van der Waals surface area contributed by atoms with E-state index in [1.807, 2.05) is 18.2 Å². The van der Waals surface area contributed by atoms with Gasteiger partial charge in [0.1, 0.15) is 0 Å². The number of hydrogen-bond acceptors (Lipinski definition) is 4. The highest BCUT2D eigenvalue weighted by Crippen LogP contribution is 2.22. The first-order valence-electron chi connectivity index (χ1n) is 8.34. The molecule has 1 aromatic heterocycles. The van der Waals surface area contributed by atoms with Gasteiger partial charge in [-0.2, -0.15) is 0 Å². The summed E-state index contributed by atoms with van der Waals surface area (Å²) in [6.07, 6.45) is 5.81. The number of carbonyl (C=O) groups is 2. The van der Waals surface area contributed by atoms with E-state index in [-0.39, 0.29) is 17.7 Å². The Morgan fingerprint density at radius 3 is 2.46 bits per heavy atom.